The minimum absolute atomic E-state index is 0.151. The SMILES string of the molecule is Cc1cc(SC(C=O)C(C)C)c(Cl)cc1F. The normalized spacial score (nSPS) is 12.9. The highest BCUT2D eigenvalue weighted by Gasteiger charge is 2.16. The molecule has 0 aliphatic rings. The molecule has 4 heteroatoms. The molecule has 0 heterocycles. The molecule has 1 unspecified atom stereocenters. The number of benzene rings is 1. The van der Waals surface area contributed by atoms with Crippen LogP contribution in [0.2, 0.25) is 5.02 Å². The van der Waals surface area contributed by atoms with Crippen molar-refractivity contribution in [3.63, 3.8) is 0 Å². The number of carbonyl (C=O) groups is 1. The number of aryl methyl sites for hydroxylation is 1. The van der Waals surface area contributed by atoms with E-state index in [2.05, 4.69) is 0 Å². The zero-order valence-electron chi connectivity index (χ0n) is 9.46. The number of carbonyl (C=O) groups excluding carboxylic acids is 1. The van der Waals surface area contributed by atoms with Crippen molar-refractivity contribution in [2.24, 2.45) is 5.92 Å². The molecule has 0 saturated carbocycles. The predicted molar refractivity (Wildman–Crippen MR) is 66.7 cm³/mol. The Bertz CT molecular complexity index is 393. The molecule has 0 saturated heterocycles. The highest BCUT2D eigenvalue weighted by atomic mass is 35.5. The smallest absolute Gasteiger partial charge is 0.133 e. The van der Waals surface area contributed by atoms with Gasteiger partial charge in [-0.3, -0.25) is 0 Å². The van der Waals surface area contributed by atoms with Crippen LogP contribution in [0, 0.1) is 18.7 Å². The maximum Gasteiger partial charge on any atom is 0.133 e. The van der Waals surface area contributed by atoms with E-state index in [1.54, 1.807) is 13.0 Å². The molecule has 0 fully saturated rings. The van der Waals surface area contributed by atoms with E-state index < -0.39 is 0 Å². The predicted octanol–water partition coefficient (Wildman–Crippen LogP) is 4.10. The second kappa shape index (κ2) is 5.69. The van der Waals surface area contributed by atoms with Crippen molar-refractivity contribution in [1.29, 1.82) is 0 Å². The molecule has 0 spiro atoms. The lowest BCUT2D eigenvalue weighted by Crippen LogP contribution is -2.12. The van der Waals surface area contributed by atoms with Gasteiger partial charge >= 0.3 is 0 Å². The Balaban J connectivity index is 2.96. The van der Waals surface area contributed by atoms with Crippen molar-refractivity contribution in [3.8, 4) is 0 Å². The van der Waals surface area contributed by atoms with Crippen LogP contribution in [0.4, 0.5) is 4.39 Å². The fourth-order valence-electron chi connectivity index (χ4n) is 1.19. The minimum atomic E-state index is -0.318. The summed E-state index contributed by atoms with van der Waals surface area (Å²) in [6.45, 7) is 5.62. The van der Waals surface area contributed by atoms with Crippen molar-refractivity contribution in [3.05, 3.63) is 28.5 Å². The summed E-state index contributed by atoms with van der Waals surface area (Å²) < 4.78 is 13.2. The molecule has 0 aliphatic carbocycles. The van der Waals surface area contributed by atoms with Gasteiger partial charge in [-0.15, -0.1) is 11.8 Å². The van der Waals surface area contributed by atoms with Gasteiger partial charge in [0.25, 0.3) is 0 Å². The number of aldehydes is 1. The maximum atomic E-state index is 13.2. The summed E-state index contributed by atoms with van der Waals surface area (Å²) in [4.78, 5) is 11.6. The van der Waals surface area contributed by atoms with Crippen LogP contribution in [-0.4, -0.2) is 11.5 Å². The largest absolute Gasteiger partial charge is 0.302 e. The average molecular weight is 261 g/mol. The molecule has 16 heavy (non-hydrogen) atoms. The van der Waals surface area contributed by atoms with Gasteiger partial charge in [-0.05, 0) is 30.5 Å². The molecule has 0 bridgehead atoms. The molecule has 0 amide bonds. The van der Waals surface area contributed by atoms with Gasteiger partial charge in [0.1, 0.15) is 12.1 Å². The van der Waals surface area contributed by atoms with Gasteiger partial charge in [0.15, 0.2) is 0 Å². The third kappa shape index (κ3) is 3.22. The molecule has 0 aliphatic heterocycles. The summed E-state index contributed by atoms with van der Waals surface area (Å²) in [5.41, 5.74) is 0.542. The number of thioether (sulfide) groups is 1. The standard InChI is InChI=1S/C12H14ClFOS/c1-7(2)12(6-15)16-11-4-8(3)10(14)5-9(11)13/h4-7,12H,1-3H3. The summed E-state index contributed by atoms with van der Waals surface area (Å²) in [5, 5.41) is 0.211. The van der Waals surface area contributed by atoms with E-state index in [1.807, 2.05) is 13.8 Å². The van der Waals surface area contributed by atoms with Gasteiger partial charge in [0, 0.05) is 4.90 Å². The summed E-state index contributed by atoms with van der Waals surface area (Å²) in [6.07, 6.45) is 0.907. The first-order valence-electron chi connectivity index (χ1n) is 5.03. The molecule has 1 aromatic rings. The van der Waals surface area contributed by atoms with Crippen LogP contribution in [0.5, 0.6) is 0 Å². The first-order valence-corrected chi connectivity index (χ1v) is 6.29. The Hall–Kier alpha value is -0.540. The van der Waals surface area contributed by atoms with Gasteiger partial charge in [0.05, 0.1) is 10.3 Å². The van der Waals surface area contributed by atoms with Crippen LogP contribution in [-0.2, 0) is 4.79 Å². The molecule has 1 rings (SSSR count). The highest BCUT2D eigenvalue weighted by molar-refractivity contribution is 8.00. The summed E-state index contributed by atoms with van der Waals surface area (Å²) in [6, 6.07) is 2.97. The van der Waals surface area contributed by atoms with E-state index in [0.29, 0.717) is 10.6 Å². The first-order chi connectivity index (χ1) is 7.45. The summed E-state index contributed by atoms with van der Waals surface area (Å²) in [7, 11) is 0. The van der Waals surface area contributed by atoms with E-state index in [0.717, 1.165) is 11.2 Å². The minimum Gasteiger partial charge on any atom is -0.302 e. The van der Waals surface area contributed by atoms with Gasteiger partial charge in [0.2, 0.25) is 0 Å². The van der Waals surface area contributed by atoms with Crippen LogP contribution < -0.4 is 0 Å². The molecule has 0 aromatic heterocycles. The summed E-state index contributed by atoms with van der Waals surface area (Å²) >= 11 is 7.31. The molecule has 1 nitrogen and oxygen atoms in total. The van der Waals surface area contributed by atoms with Crippen LogP contribution >= 0.6 is 23.4 Å². The number of halogens is 2. The van der Waals surface area contributed by atoms with Gasteiger partial charge < -0.3 is 4.79 Å². The third-order valence-electron chi connectivity index (χ3n) is 2.27. The van der Waals surface area contributed by atoms with Crippen LogP contribution in [0.3, 0.4) is 0 Å². The second-order valence-corrected chi connectivity index (χ2v) is 5.62. The van der Waals surface area contributed by atoms with Crippen LogP contribution in [0.15, 0.2) is 17.0 Å². The van der Waals surface area contributed by atoms with Crippen LogP contribution in [0.25, 0.3) is 0 Å². The quantitative estimate of drug-likeness (QED) is 0.599. The Morgan fingerprint density at radius 3 is 2.56 bits per heavy atom. The van der Waals surface area contributed by atoms with E-state index in [1.165, 1.54) is 17.8 Å². The van der Waals surface area contributed by atoms with E-state index in [9.17, 15) is 9.18 Å². The lowest BCUT2D eigenvalue weighted by Gasteiger charge is -2.15. The lowest BCUT2D eigenvalue weighted by atomic mass is 10.1. The highest BCUT2D eigenvalue weighted by Crippen LogP contribution is 2.34. The summed E-state index contributed by atoms with van der Waals surface area (Å²) in [5.74, 6) is -0.0922. The zero-order valence-corrected chi connectivity index (χ0v) is 11.0. The molecular weight excluding hydrogens is 247 g/mol. The van der Waals surface area contributed by atoms with Gasteiger partial charge in [-0.1, -0.05) is 25.4 Å². The number of rotatable bonds is 4. The Morgan fingerprint density at radius 1 is 1.44 bits per heavy atom. The van der Waals surface area contributed by atoms with E-state index >= 15 is 0 Å². The zero-order chi connectivity index (χ0) is 12.3. The molecule has 88 valence electrons. The van der Waals surface area contributed by atoms with Gasteiger partial charge in [-0.2, -0.15) is 0 Å². The average Bonchev–Trinajstić information content (AvgIpc) is 2.21. The Labute approximate surface area is 104 Å². The molecule has 1 atom stereocenters. The topological polar surface area (TPSA) is 17.1 Å². The van der Waals surface area contributed by atoms with Crippen LogP contribution in [0.1, 0.15) is 19.4 Å². The maximum absolute atomic E-state index is 13.2. The van der Waals surface area contributed by atoms with Crippen molar-refractivity contribution in [2.45, 2.75) is 30.9 Å². The lowest BCUT2D eigenvalue weighted by molar-refractivity contribution is -0.107. The van der Waals surface area contributed by atoms with Crippen molar-refractivity contribution in [1.82, 2.24) is 0 Å². The van der Waals surface area contributed by atoms with Crippen molar-refractivity contribution in [2.75, 3.05) is 0 Å². The molecule has 1 aromatic carbocycles. The van der Waals surface area contributed by atoms with Gasteiger partial charge in [-0.25, -0.2) is 4.39 Å². The molecule has 0 N–H and O–H groups in total. The fraction of sp³-hybridized carbons (Fsp3) is 0.417. The fourth-order valence-corrected chi connectivity index (χ4v) is 2.51. The third-order valence-corrected chi connectivity index (χ3v) is 4.21. The number of hydrogen-bond donors (Lipinski definition) is 0. The van der Waals surface area contributed by atoms with E-state index in [4.69, 9.17) is 11.6 Å². The van der Waals surface area contributed by atoms with E-state index in [-0.39, 0.29) is 17.0 Å². The monoisotopic (exact) mass is 260 g/mol. The molecule has 0 radical (unpaired) electrons. The first kappa shape index (κ1) is 13.5. The van der Waals surface area contributed by atoms with Crippen molar-refractivity contribution < 1.29 is 9.18 Å². The molecular formula is C12H14ClFOS. The Morgan fingerprint density at radius 2 is 2.06 bits per heavy atom. The second-order valence-electron chi connectivity index (χ2n) is 3.99. The van der Waals surface area contributed by atoms with Crippen molar-refractivity contribution >= 4 is 29.6 Å². The Kier molecular flexibility index (Phi) is 4.81. The number of hydrogen-bond acceptors (Lipinski definition) is 2.